The van der Waals surface area contributed by atoms with E-state index in [2.05, 4.69) is 11.9 Å². The van der Waals surface area contributed by atoms with Gasteiger partial charge in [0, 0.05) is 10.6 Å². The molecular formula is C27H21ClN2O4S. The second-order valence-corrected chi connectivity index (χ2v) is 9.55. The molecule has 3 aromatic carbocycles. The molecule has 0 bridgehead atoms. The van der Waals surface area contributed by atoms with E-state index < -0.39 is 17.7 Å². The highest BCUT2D eigenvalue weighted by molar-refractivity contribution is 7.22. The summed E-state index contributed by atoms with van der Waals surface area (Å²) in [5.41, 5.74) is 2.94. The van der Waals surface area contributed by atoms with Crippen LogP contribution in [0.5, 0.6) is 5.75 Å². The van der Waals surface area contributed by atoms with E-state index in [4.69, 9.17) is 16.3 Å². The lowest BCUT2D eigenvalue weighted by molar-refractivity contribution is -0.132. The zero-order valence-corrected chi connectivity index (χ0v) is 20.6. The number of fused-ring (bicyclic) bond motifs is 1. The summed E-state index contributed by atoms with van der Waals surface area (Å²) in [5, 5.41) is 12.1. The van der Waals surface area contributed by atoms with Crippen LogP contribution in [0.3, 0.4) is 0 Å². The largest absolute Gasteiger partial charge is 0.507 e. The molecule has 1 saturated heterocycles. The van der Waals surface area contributed by atoms with Crippen molar-refractivity contribution in [2.45, 2.75) is 19.4 Å². The first-order valence-electron chi connectivity index (χ1n) is 11.0. The van der Waals surface area contributed by atoms with Crippen molar-refractivity contribution in [3.63, 3.8) is 0 Å². The number of carbonyl (C=O) groups excluding carboxylic acids is 2. The number of aliphatic hydroxyl groups is 1. The standard InChI is InChI=1S/C27H21ClN2O4S/c1-3-15-4-13-20-21(14-15)35-27(29-20)30-23(16-7-11-19(34-2)12-8-16)22(25(32)26(30)33)24(31)17-5-9-18(28)10-6-17/h4-14,23,31H,3H2,1-2H3/b24-22+/t23-/m0/s1. The Bertz CT molecular complexity index is 1480. The van der Waals surface area contributed by atoms with Gasteiger partial charge in [0.2, 0.25) is 0 Å². The van der Waals surface area contributed by atoms with Crippen LogP contribution in [0.4, 0.5) is 5.13 Å². The summed E-state index contributed by atoms with van der Waals surface area (Å²) >= 11 is 7.34. The van der Waals surface area contributed by atoms with Gasteiger partial charge in [0.1, 0.15) is 11.5 Å². The van der Waals surface area contributed by atoms with Crippen LogP contribution in [-0.4, -0.2) is 28.9 Å². The number of aliphatic hydroxyl groups excluding tert-OH is 1. The molecule has 0 radical (unpaired) electrons. The van der Waals surface area contributed by atoms with Gasteiger partial charge in [-0.2, -0.15) is 0 Å². The number of amides is 1. The van der Waals surface area contributed by atoms with Crippen molar-refractivity contribution >= 4 is 55.7 Å². The highest BCUT2D eigenvalue weighted by Gasteiger charge is 2.48. The summed E-state index contributed by atoms with van der Waals surface area (Å²) in [5.74, 6) is -1.14. The number of methoxy groups -OCH3 is 1. The lowest BCUT2D eigenvalue weighted by Gasteiger charge is -2.23. The number of hydrogen-bond donors (Lipinski definition) is 1. The van der Waals surface area contributed by atoms with Gasteiger partial charge in [0.05, 0.1) is 28.9 Å². The van der Waals surface area contributed by atoms with Gasteiger partial charge in [-0.05, 0) is 66.1 Å². The smallest absolute Gasteiger partial charge is 0.301 e. The number of halogens is 1. The van der Waals surface area contributed by atoms with Gasteiger partial charge in [0.25, 0.3) is 5.78 Å². The number of thiazole rings is 1. The number of anilines is 1. The monoisotopic (exact) mass is 504 g/mol. The number of ketones is 1. The zero-order chi connectivity index (χ0) is 24.7. The lowest BCUT2D eigenvalue weighted by Crippen LogP contribution is -2.29. The molecule has 35 heavy (non-hydrogen) atoms. The third-order valence-electron chi connectivity index (χ3n) is 6.05. The number of rotatable bonds is 5. The van der Waals surface area contributed by atoms with Gasteiger partial charge in [-0.1, -0.05) is 48.1 Å². The summed E-state index contributed by atoms with van der Waals surface area (Å²) in [6, 6.07) is 18.6. The van der Waals surface area contributed by atoms with Gasteiger partial charge in [-0.3, -0.25) is 14.5 Å². The molecule has 0 spiro atoms. The number of Topliss-reactive ketones (excluding diaryl/α,β-unsaturated/α-hetero) is 1. The molecule has 176 valence electrons. The predicted octanol–water partition coefficient (Wildman–Crippen LogP) is 6.15. The summed E-state index contributed by atoms with van der Waals surface area (Å²) < 4.78 is 6.19. The number of aryl methyl sites for hydroxylation is 1. The third kappa shape index (κ3) is 4.07. The molecular weight excluding hydrogens is 484 g/mol. The van der Waals surface area contributed by atoms with Crippen LogP contribution < -0.4 is 9.64 Å². The minimum atomic E-state index is -0.859. The van der Waals surface area contributed by atoms with Crippen LogP contribution in [0.2, 0.25) is 5.02 Å². The molecule has 1 atom stereocenters. The molecule has 0 aliphatic carbocycles. The fourth-order valence-electron chi connectivity index (χ4n) is 4.17. The number of carbonyl (C=O) groups is 2. The maximum atomic E-state index is 13.4. The Morgan fingerprint density at radius 1 is 1.09 bits per heavy atom. The molecule has 2 heterocycles. The first kappa shape index (κ1) is 23.1. The first-order chi connectivity index (χ1) is 16.9. The average Bonchev–Trinajstić information content (AvgIpc) is 3.41. The van der Waals surface area contributed by atoms with Crippen LogP contribution in [0, 0.1) is 0 Å². The molecule has 1 N–H and O–H groups in total. The fraction of sp³-hybridized carbons (Fsp3) is 0.148. The topological polar surface area (TPSA) is 79.7 Å². The van der Waals surface area contributed by atoms with E-state index in [1.165, 1.54) is 16.2 Å². The van der Waals surface area contributed by atoms with Crippen molar-refractivity contribution in [2.75, 3.05) is 12.0 Å². The molecule has 1 aromatic heterocycles. The molecule has 1 aliphatic heterocycles. The zero-order valence-electron chi connectivity index (χ0n) is 19.0. The van der Waals surface area contributed by atoms with Crippen molar-refractivity contribution < 1.29 is 19.4 Å². The molecule has 1 amide bonds. The van der Waals surface area contributed by atoms with E-state index in [0.29, 0.717) is 27.0 Å². The van der Waals surface area contributed by atoms with Crippen LogP contribution in [0.1, 0.15) is 29.7 Å². The van der Waals surface area contributed by atoms with E-state index in [-0.39, 0.29) is 11.3 Å². The SMILES string of the molecule is CCc1ccc2nc(N3C(=O)C(=O)/C(=C(/O)c4ccc(Cl)cc4)[C@@H]3c3ccc(OC)cc3)sc2c1. The first-order valence-corrected chi connectivity index (χ1v) is 12.2. The number of benzene rings is 3. The Kier molecular flexibility index (Phi) is 6.05. The van der Waals surface area contributed by atoms with Crippen molar-refractivity contribution in [2.24, 2.45) is 0 Å². The Hall–Kier alpha value is -3.68. The molecule has 8 heteroatoms. The fourth-order valence-corrected chi connectivity index (χ4v) is 5.36. The van der Waals surface area contributed by atoms with E-state index >= 15 is 0 Å². The Morgan fingerprint density at radius 3 is 2.46 bits per heavy atom. The van der Waals surface area contributed by atoms with Crippen molar-refractivity contribution in [3.05, 3.63) is 94.0 Å². The third-order valence-corrected chi connectivity index (χ3v) is 7.32. The van der Waals surface area contributed by atoms with Gasteiger partial charge >= 0.3 is 5.91 Å². The summed E-state index contributed by atoms with van der Waals surface area (Å²) in [4.78, 5) is 32.7. The van der Waals surface area contributed by atoms with Crippen molar-refractivity contribution in [1.82, 2.24) is 4.98 Å². The number of hydrogen-bond acceptors (Lipinski definition) is 6. The van der Waals surface area contributed by atoms with E-state index in [1.807, 2.05) is 18.2 Å². The molecule has 6 nitrogen and oxygen atoms in total. The Balaban J connectivity index is 1.70. The number of aromatic nitrogens is 1. The lowest BCUT2D eigenvalue weighted by atomic mass is 9.95. The summed E-state index contributed by atoms with van der Waals surface area (Å²) in [6.07, 6.45) is 0.876. The highest BCUT2D eigenvalue weighted by Crippen LogP contribution is 2.44. The van der Waals surface area contributed by atoms with Gasteiger partial charge < -0.3 is 9.84 Å². The van der Waals surface area contributed by atoms with E-state index in [0.717, 1.165) is 22.2 Å². The normalized spacial score (nSPS) is 17.3. The Labute approximate surface area is 211 Å². The molecule has 0 unspecified atom stereocenters. The summed E-state index contributed by atoms with van der Waals surface area (Å²) in [7, 11) is 1.56. The minimum Gasteiger partial charge on any atom is -0.507 e. The maximum absolute atomic E-state index is 13.4. The van der Waals surface area contributed by atoms with E-state index in [1.54, 1.807) is 55.6 Å². The molecule has 1 fully saturated rings. The maximum Gasteiger partial charge on any atom is 0.301 e. The Morgan fingerprint density at radius 2 is 1.80 bits per heavy atom. The molecule has 5 rings (SSSR count). The quantitative estimate of drug-likeness (QED) is 0.200. The predicted molar refractivity (Wildman–Crippen MR) is 138 cm³/mol. The molecule has 4 aromatic rings. The number of ether oxygens (including phenoxy) is 1. The highest BCUT2D eigenvalue weighted by atomic mass is 35.5. The van der Waals surface area contributed by atoms with Gasteiger partial charge in [-0.15, -0.1) is 0 Å². The van der Waals surface area contributed by atoms with Crippen LogP contribution in [0.25, 0.3) is 16.0 Å². The van der Waals surface area contributed by atoms with Crippen LogP contribution >= 0.6 is 22.9 Å². The van der Waals surface area contributed by atoms with E-state index in [9.17, 15) is 14.7 Å². The average molecular weight is 505 g/mol. The second-order valence-electron chi connectivity index (χ2n) is 8.10. The van der Waals surface area contributed by atoms with Gasteiger partial charge in [0.15, 0.2) is 5.13 Å². The van der Waals surface area contributed by atoms with Gasteiger partial charge in [-0.25, -0.2) is 4.98 Å². The van der Waals surface area contributed by atoms with Crippen molar-refractivity contribution in [1.29, 1.82) is 0 Å². The molecule has 0 saturated carbocycles. The second kappa shape index (κ2) is 9.17. The van der Waals surface area contributed by atoms with Crippen LogP contribution in [-0.2, 0) is 16.0 Å². The van der Waals surface area contributed by atoms with Crippen LogP contribution in [0.15, 0.2) is 72.3 Å². The minimum absolute atomic E-state index is 0.00371. The summed E-state index contributed by atoms with van der Waals surface area (Å²) in [6.45, 7) is 2.07. The molecule has 1 aliphatic rings. The van der Waals surface area contributed by atoms with Crippen molar-refractivity contribution in [3.8, 4) is 5.75 Å². The number of nitrogens with zero attached hydrogens (tertiary/aromatic N) is 2.